The van der Waals surface area contributed by atoms with Crippen molar-refractivity contribution in [3.63, 3.8) is 0 Å². The maximum Gasteiger partial charge on any atom is 0.341 e. The van der Waals surface area contributed by atoms with Gasteiger partial charge in [-0.3, -0.25) is 4.79 Å². The van der Waals surface area contributed by atoms with E-state index in [4.69, 9.17) is 9.84 Å². The van der Waals surface area contributed by atoms with E-state index in [1.54, 1.807) is 24.3 Å². The number of amides is 1. The first-order chi connectivity index (χ1) is 9.66. The molecule has 0 radical (unpaired) electrons. The van der Waals surface area contributed by atoms with Gasteiger partial charge in [-0.1, -0.05) is 18.6 Å². The van der Waals surface area contributed by atoms with E-state index in [1.807, 2.05) is 0 Å². The average Bonchev–Trinajstić information content (AvgIpc) is 2.47. The summed E-state index contributed by atoms with van der Waals surface area (Å²) in [4.78, 5) is 22.6. The van der Waals surface area contributed by atoms with Crippen molar-refractivity contribution in [3.05, 3.63) is 24.3 Å². The van der Waals surface area contributed by atoms with Gasteiger partial charge in [-0.25, -0.2) is 4.79 Å². The maximum atomic E-state index is 12.1. The lowest BCUT2D eigenvalue weighted by Gasteiger charge is -2.23. The third-order valence-electron chi connectivity index (χ3n) is 3.12. The molecule has 0 bridgehead atoms. The Bertz CT molecular complexity index is 484. The third-order valence-corrected chi connectivity index (χ3v) is 3.12. The van der Waals surface area contributed by atoms with E-state index in [-0.39, 0.29) is 11.9 Å². The normalized spacial score (nSPS) is 18.3. The Labute approximate surface area is 117 Å². The van der Waals surface area contributed by atoms with Gasteiger partial charge >= 0.3 is 5.97 Å². The molecule has 1 heterocycles. The third kappa shape index (κ3) is 3.96. The molecule has 0 aromatic heterocycles. The molecule has 0 spiro atoms. The minimum Gasteiger partial charge on any atom is -0.480 e. The summed E-state index contributed by atoms with van der Waals surface area (Å²) in [6.07, 6.45) is 2.92. The molecule has 0 aliphatic carbocycles. The molecule has 20 heavy (non-hydrogen) atoms. The first kappa shape index (κ1) is 14.3. The fourth-order valence-corrected chi connectivity index (χ4v) is 2.13. The number of benzene rings is 1. The standard InChI is InChI=1S/C14H18N2O4/c17-13(18)9-20-12-7-2-1-5-10(12)16-14(19)11-6-3-4-8-15-11/h1-2,5,7,11,15H,3-4,6,8-9H2,(H,16,19)(H,17,18)/t11-/m1/s1. The predicted molar refractivity (Wildman–Crippen MR) is 73.8 cm³/mol. The van der Waals surface area contributed by atoms with Crippen molar-refractivity contribution >= 4 is 17.6 Å². The number of para-hydroxylation sites is 2. The molecule has 1 atom stereocenters. The van der Waals surface area contributed by atoms with Crippen molar-refractivity contribution in [2.24, 2.45) is 0 Å². The molecule has 108 valence electrons. The number of carboxylic acid groups (broad SMARTS) is 1. The lowest BCUT2D eigenvalue weighted by Crippen LogP contribution is -2.43. The van der Waals surface area contributed by atoms with Crippen molar-refractivity contribution < 1.29 is 19.4 Å². The van der Waals surface area contributed by atoms with Gasteiger partial charge in [0.2, 0.25) is 5.91 Å². The van der Waals surface area contributed by atoms with E-state index in [0.29, 0.717) is 11.4 Å². The number of carbonyl (C=O) groups excluding carboxylic acids is 1. The van der Waals surface area contributed by atoms with Crippen LogP contribution in [-0.2, 0) is 9.59 Å². The molecule has 2 rings (SSSR count). The SMILES string of the molecule is O=C(O)COc1ccccc1NC(=O)[C@H]1CCCCN1. The number of aliphatic carboxylic acids is 1. The summed E-state index contributed by atoms with van der Waals surface area (Å²) < 4.78 is 5.15. The van der Waals surface area contributed by atoms with Crippen LogP contribution in [0.15, 0.2) is 24.3 Å². The fraction of sp³-hybridized carbons (Fsp3) is 0.429. The Kier molecular flexibility index (Phi) is 4.95. The van der Waals surface area contributed by atoms with E-state index in [2.05, 4.69) is 10.6 Å². The van der Waals surface area contributed by atoms with Crippen LogP contribution in [0.5, 0.6) is 5.75 Å². The van der Waals surface area contributed by atoms with Crippen LogP contribution in [0.25, 0.3) is 0 Å². The molecular formula is C14H18N2O4. The Balaban J connectivity index is 2.00. The molecule has 1 aliphatic rings. The number of carboxylic acids is 1. The second-order valence-corrected chi connectivity index (χ2v) is 4.67. The molecule has 1 aliphatic heterocycles. The summed E-state index contributed by atoms with van der Waals surface area (Å²) in [7, 11) is 0. The Hall–Kier alpha value is -2.08. The van der Waals surface area contributed by atoms with Crippen LogP contribution < -0.4 is 15.4 Å². The number of piperidine rings is 1. The number of ether oxygens (including phenoxy) is 1. The van der Waals surface area contributed by atoms with Gasteiger partial charge in [0.1, 0.15) is 5.75 Å². The van der Waals surface area contributed by atoms with Crippen LogP contribution >= 0.6 is 0 Å². The first-order valence-electron chi connectivity index (χ1n) is 6.64. The molecule has 1 aromatic rings. The molecule has 1 amide bonds. The molecule has 0 saturated carbocycles. The molecule has 6 heteroatoms. The zero-order chi connectivity index (χ0) is 14.4. The number of carbonyl (C=O) groups is 2. The Morgan fingerprint density at radius 1 is 1.35 bits per heavy atom. The number of anilines is 1. The second kappa shape index (κ2) is 6.91. The van der Waals surface area contributed by atoms with Crippen LogP contribution in [0.3, 0.4) is 0 Å². The zero-order valence-electron chi connectivity index (χ0n) is 11.1. The summed E-state index contributed by atoms with van der Waals surface area (Å²) in [5.41, 5.74) is 0.492. The monoisotopic (exact) mass is 278 g/mol. The van der Waals surface area contributed by atoms with Crippen molar-refractivity contribution in [3.8, 4) is 5.75 Å². The number of hydrogen-bond donors (Lipinski definition) is 3. The van der Waals surface area contributed by atoms with E-state index in [9.17, 15) is 9.59 Å². The molecule has 1 saturated heterocycles. The van der Waals surface area contributed by atoms with Crippen LogP contribution in [0, 0.1) is 0 Å². The van der Waals surface area contributed by atoms with Gasteiger partial charge < -0.3 is 20.5 Å². The predicted octanol–water partition coefficient (Wildman–Crippen LogP) is 1.23. The smallest absolute Gasteiger partial charge is 0.341 e. The second-order valence-electron chi connectivity index (χ2n) is 4.67. The highest BCUT2D eigenvalue weighted by Crippen LogP contribution is 2.24. The van der Waals surface area contributed by atoms with Gasteiger partial charge in [0.05, 0.1) is 11.7 Å². The summed E-state index contributed by atoms with van der Waals surface area (Å²) in [5, 5.41) is 14.6. The highest BCUT2D eigenvalue weighted by molar-refractivity contribution is 5.96. The minimum atomic E-state index is -1.06. The highest BCUT2D eigenvalue weighted by Gasteiger charge is 2.21. The first-order valence-corrected chi connectivity index (χ1v) is 6.64. The molecule has 3 N–H and O–H groups in total. The molecule has 1 aromatic carbocycles. The lowest BCUT2D eigenvalue weighted by molar-refractivity contribution is -0.139. The summed E-state index contributed by atoms with van der Waals surface area (Å²) >= 11 is 0. The van der Waals surface area contributed by atoms with Gasteiger partial charge in [-0.15, -0.1) is 0 Å². The maximum absolute atomic E-state index is 12.1. The largest absolute Gasteiger partial charge is 0.480 e. The molecular weight excluding hydrogens is 260 g/mol. The fourth-order valence-electron chi connectivity index (χ4n) is 2.13. The van der Waals surface area contributed by atoms with Gasteiger partial charge in [0, 0.05) is 0 Å². The number of nitrogens with one attached hydrogen (secondary N) is 2. The van der Waals surface area contributed by atoms with Crippen LogP contribution in [-0.4, -0.2) is 36.2 Å². The van der Waals surface area contributed by atoms with Gasteiger partial charge in [-0.2, -0.15) is 0 Å². The summed E-state index contributed by atoms with van der Waals surface area (Å²) in [6, 6.07) is 6.62. The lowest BCUT2D eigenvalue weighted by atomic mass is 10.0. The van der Waals surface area contributed by atoms with Gasteiger partial charge in [-0.05, 0) is 31.5 Å². The summed E-state index contributed by atoms with van der Waals surface area (Å²) in [6.45, 7) is 0.407. The quantitative estimate of drug-likeness (QED) is 0.754. The number of rotatable bonds is 5. The number of hydrogen-bond acceptors (Lipinski definition) is 4. The topological polar surface area (TPSA) is 87.7 Å². The van der Waals surface area contributed by atoms with E-state index < -0.39 is 12.6 Å². The summed E-state index contributed by atoms with van der Waals surface area (Å²) in [5.74, 6) is -0.810. The van der Waals surface area contributed by atoms with E-state index >= 15 is 0 Å². The van der Waals surface area contributed by atoms with Gasteiger partial charge in [0.25, 0.3) is 0 Å². The van der Waals surface area contributed by atoms with E-state index in [0.717, 1.165) is 25.8 Å². The van der Waals surface area contributed by atoms with Gasteiger partial charge in [0.15, 0.2) is 6.61 Å². The van der Waals surface area contributed by atoms with Crippen molar-refractivity contribution in [2.75, 3.05) is 18.5 Å². The van der Waals surface area contributed by atoms with Crippen molar-refractivity contribution in [1.29, 1.82) is 0 Å². The molecule has 1 fully saturated rings. The minimum absolute atomic E-state index is 0.115. The van der Waals surface area contributed by atoms with E-state index in [1.165, 1.54) is 0 Å². The van der Waals surface area contributed by atoms with Crippen molar-refractivity contribution in [2.45, 2.75) is 25.3 Å². The van der Waals surface area contributed by atoms with Crippen LogP contribution in [0.1, 0.15) is 19.3 Å². The zero-order valence-corrected chi connectivity index (χ0v) is 11.1. The molecule has 6 nitrogen and oxygen atoms in total. The average molecular weight is 278 g/mol. The van der Waals surface area contributed by atoms with Crippen LogP contribution in [0.2, 0.25) is 0 Å². The Morgan fingerprint density at radius 3 is 2.85 bits per heavy atom. The highest BCUT2D eigenvalue weighted by atomic mass is 16.5. The Morgan fingerprint density at radius 2 is 2.15 bits per heavy atom. The van der Waals surface area contributed by atoms with Crippen molar-refractivity contribution in [1.82, 2.24) is 5.32 Å². The molecule has 0 unspecified atom stereocenters. The van der Waals surface area contributed by atoms with Crippen LogP contribution in [0.4, 0.5) is 5.69 Å².